The van der Waals surface area contributed by atoms with Crippen LogP contribution in [0.4, 0.5) is 0 Å². The lowest BCUT2D eigenvalue weighted by Gasteiger charge is -2.51. The van der Waals surface area contributed by atoms with Crippen molar-refractivity contribution in [2.24, 2.45) is 11.8 Å². The largest absolute Gasteiger partial charge is 0.497 e. The summed E-state index contributed by atoms with van der Waals surface area (Å²) in [6.07, 6.45) is 4.50. The molecule has 1 N–H and O–H groups in total. The lowest BCUT2D eigenvalue weighted by atomic mass is 9.72. The van der Waals surface area contributed by atoms with Crippen LogP contribution in [0.25, 0.3) is 10.9 Å². The predicted octanol–water partition coefficient (Wildman–Crippen LogP) is 3.40. The summed E-state index contributed by atoms with van der Waals surface area (Å²) in [6, 6.07) is 6.97. The van der Waals surface area contributed by atoms with Crippen molar-refractivity contribution < 1.29 is 14.0 Å². The van der Waals surface area contributed by atoms with E-state index in [1.807, 2.05) is 6.07 Å². The van der Waals surface area contributed by atoms with Crippen molar-refractivity contribution in [3.05, 3.63) is 36.0 Å². The summed E-state index contributed by atoms with van der Waals surface area (Å²) in [5.74, 6) is 1.68. The second-order valence-corrected chi connectivity index (χ2v) is 7.14. The van der Waals surface area contributed by atoms with Crippen LogP contribution in [-0.4, -0.2) is 41.2 Å². The molecule has 24 heavy (non-hydrogen) atoms. The molecule has 5 rings (SSSR count). The van der Waals surface area contributed by atoms with Gasteiger partial charge in [-0.1, -0.05) is 13.3 Å². The number of hydrogen-bond donors (Lipinski definition) is 1. The number of nitrogens with zero attached hydrogens (tertiary/aromatic N) is 2. The summed E-state index contributed by atoms with van der Waals surface area (Å²) in [5.41, 5.74) is 1.52. The summed E-state index contributed by atoms with van der Waals surface area (Å²) in [5, 5.41) is 12.0. The average Bonchev–Trinajstić information content (AvgIpc) is 2.65. The second-order valence-electron chi connectivity index (χ2n) is 7.14. The third kappa shape index (κ3) is 2.58. The molecule has 5 atom stereocenters. The first-order valence-corrected chi connectivity index (χ1v) is 8.85. The maximum atomic E-state index is 11.2. The number of aliphatic hydroxyl groups excluding tert-OH is 1. The van der Waals surface area contributed by atoms with Crippen LogP contribution in [0.5, 0.6) is 5.75 Å². The molecule has 0 amide bonds. The third-order valence-electron chi connectivity index (χ3n) is 6.01. The second kappa shape index (κ2) is 6.34. The van der Waals surface area contributed by atoms with Crippen molar-refractivity contribution in [1.29, 1.82) is 0 Å². The third-order valence-corrected chi connectivity index (χ3v) is 6.01. The van der Waals surface area contributed by atoms with Gasteiger partial charge in [0.25, 0.3) is 0 Å². The van der Waals surface area contributed by atoms with Crippen LogP contribution in [-0.2, 0) is 0 Å². The number of ether oxygens (including phenoxy) is 1. The summed E-state index contributed by atoms with van der Waals surface area (Å²) >= 11 is 0. The van der Waals surface area contributed by atoms with E-state index in [1.54, 1.807) is 24.4 Å². The van der Waals surface area contributed by atoms with Crippen molar-refractivity contribution in [3.63, 3.8) is 0 Å². The first-order valence-electron chi connectivity index (χ1n) is 10.4. The number of aliphatic hydroxyl groups is 1. The molecule has 3 fully saturated rings. The van der Waals surface area contributed by atoms with Gasteiger partial charge in [0.2, 0.25) is 0 Å². The summed E-state index contributed by atoms with van der Waals surface area (Å²) in [4.78, 5) is 6.78. The molecule has 3 aliphatic heterocycles. The highest BCUT2D eigenvalue weighted by atomic mass is 16.5. The van der Waals surface area contributed by atoms with Gasteiger partial charge in [0.05, 0.1) is 22.8 Å². The number of rotatable bonds is 4. The van der Waals surface area contributed by atoms with E-state index in [1.165, 1.54) is 12.8 Å². The first-order chi connectivity index (χ1) is 12.9. The standard InChI is InChI=1S/C20H26N2O2/c1-3-13-12-22-9-7-14(13)10-19(22)20(23)16-6-8-21-18-5-4-15(24-2)11-17(16)18/h4-6,8,11,13-14,19-20,23H,3,7,9-10,12H2,1-2H3/t13-,14?,19?,20-/m0/s1/i2+1D3. The molecule has 128 valence electrons. The number of benzene rings is 1. The van der Waals surface area contributed by atoms with Gasteiger partial charge in [0, 0.05) is 24.2 Å². The number of hydrogen-bond acceptors (Lipinski definition) is 4. The van der Waals surface area contributed by atoms with Crippen LogP contribution in [0.1, 0.15) is 42.0 Å². The van der Waals surface area contributed by atoms with Gasteiger partial charge in [0.15, 0.2) is 0 Å². The lowest BCUT2D eigenvalue weighted by Crippen LogP contribution is -2.55. The molecule has 4 nitrogen and oxygen atoms in total. The maximum absolute atomic E-state index is 11.2. The molecule has 1 aromatic heterocycles. The Hall–Kier alpha value is -1.65. The molecule has 3 saturated heterocycles. The Labute approximate surface area is 147 Å². The number of pyridine rings is 1. The van der Waals surface area contributed by atoms with E-state index in [0.29, 0.717) is 5.92 Å². The van der Waals surface area contributed by atoms with Gasteiger partial charge in [0.1, 0.15) is 5.75 Å². The molecule has 4 heterocycles. The van der Waals surface area contributed by atoms with Gasteiger partial charge < -0.3 is 9.84 Å². The first kappa shape index (κ1) is 12.7. The van der Waals surface area contributed by atoms with Crippen LogP contribution < -0.4 is 4.74 Å². The quantitative estimate of drug-likeness (QED) is 0.873. The monoisotopic (exact) mass is 330 g/mol. The Bertz CT molecular complexity index is 826. The zero-order valence-electron chi connectivity index (χ0n) is 17.0. The average molecular weight is 330 g/mol. The SMILES string of the molecule is [2H][13C]([2H])([2H])Oc1ccc2nccc([C@H](O)C3CC4CCN3C[C@@H]4CC)c2c1. The molecule has 3 aliphatic rings. The number of piperidine rings is 3. The smallest absolute Gasteiger partial charge is 0.119 e. The fraction of sp³-hybridized carbons (Fsp3) is 0.550. The zero-order chi connectivity index (χ0) is 19.2. The fourth-order valence-corrected chi connectivity index (χ4v) is 4.65. The molecule has 3 unspecified atom stereocenters. The van der Waals surface area contributed by atoms with Crippen LogP contribution in [0, 0.1) is 11.8 Å². The van der Waals surface area contributed by atoms with Crippen molar-refractivity contribution in [2.45, 2.75) is 38.3 Å². The topological polar surface area (TPSA) is 45.6 Å². The fourth-order valence-electron chi connectivity index (χ4n) is 4.65. The van der Waals surface area contributed by atoms with Crippen LogP contribution in [0.3, 0.4) is 0 Å². The van der Waals surface area contributed by atoms with Gasteiger partial charge in [-0.05, 0) is 61.1 Å². The molecule has 0 spiro atoms. The van der Waals surface area contributed by atoms with Crippen LogP contribution >= 0.6 is 0 Å². The van der Waals surface area contributed by atoms with Gasteiger partial charge in [-0.3, -0.25) is 9.88 Å². The minimum Gasteiger partial charge on any atom is -0.497 e. The molecular weight excluding hydrogens is 301 g/mol. The summed E-state index contributed by atoms with van der Waals surface area (Å²) < 4.78 is 27.0. The Balaban J connectivity index is 1.65. The van der Waals surface area contributed by atoms with Gasteiger partial charge in [-0.15, -0.1) is 0 Å². The van der Waals surface area contributed by atoms with Gasteiger partial charge in [-0.2, -0.15) is 0 Å². The van der Waals surface area contributed by atoms with E-state index in [4.69, 9.17) is 8.85 Å². The van der Waals surface area contributed by atoms with Gasteiger partial charge >= 0.3 is 0 Å². The van der Waals surface area contributed by atoms with Gasteiger partial charge in [-0.25, -0.2) is 0 Å². The predicted molar refractivity (Wildman–Crippen MR) is 95.1 cm³/mol. The molecule has 0 saturated carbocycles. The molecular formula is C20H26N2O2. The van der Waals surface area contributed by atoms with E-state index in [2.05, 4.69) is 16.8 Å². The Morgan fingerprint density at radius 1 is 1.46 bits per heavy atom. The summed E-state index contributed by atoms with van der Waals surface area (Å²) in [6.45, 7) is 4.35. The van der Waals surface area contributed by atoms with E-state index in [9.17, 15) is 5.11 Å². The van der Waals surface area contributed by atoms with E-state index < -0.39 is 13.1 Å². The van der Waals surface area contributed by atoms with Crippen molar-refractivity contribution >= 4 is 10.9 Å². The van der Waals surface area contributed by atoms with Crippen molar-refractivity contribution in [1.82, 2.24) is 9.88 Å². The number of methoxy groups -OCH3 is 1. The number of fused-ring (bicyclic) bond motifs is 4. The molecule has 4 heteroatoms. The highest BCUT2D eigenvalue weighted by Gasteiger charge is 2.42. The highest BCUT2D eigenvalue weighted by molar-refractivity contribution is 5.83. The maximum Gasteiger partial charge on any atom is 0.119 e. The minimum absolute atomic E-state index is 0.101. The number of aromatic nitrogens is 1. The van der Waals surface area contributed by atoms with Crippen LogP contribution in [0.2, 0.25) is 0 Å². The highest BCUT2D eigenvalue weighted by Crippen LogP contribution is 2.42. The molecule has 0 radical (unpaired) electrons. The van der Waals surface area contributed by atoms with E-state index in [0.717, 1.165) is 41.9 Å². The lowest BCUT2D eigenvalue weighted by molar-refractivity contribution is -0.0562. The minimum atomic E-state index is -2.50. The summed E-state index contributed by atoms with van der Waals surface area (Å²) in [7, 11) is -2.50. The molecule has 0 aliphatic carbocycles. The normalized spacial score (nSPS) is 32.8. The van der Waals surface area contributed by atoms with Crippen molar-refractivity contribution in [2.75, 3.05) is 20.1 Å². The van der Waals surface area contributed by atoms with Crippen LogP contribution in [0.15, 0.2) is 30.5 Å². The Morgan fingerprint density at radius 3 is 3.12 bits per heavy atom. The van der Waals surface area contributed by atoms with E-state index in [-0.39, 0.29) is 11.8 Å². The van der Waals surface area contributed by atoms with E-state index >= 15 is 0 Å². The molecule has 2 aromatic rings. The Kier molecular flexibility index (Phi) is 3.35. The molecule has 2 bridgehead atoms. The van der Waals surface area contributed by atoms with Crippen molar-refractivity contribution in [3.8, 4) is 5.75 Å². The zero-order valence-corrected chi connectivity index (χ0v) is 14.0. The molecule has 1 aromatic carbocycles. The Morgan fingerprint density at radius 2 is 2.38 bits per heavy atom.